The lowest BCUT2D eigenvalue weighted by atomic mass is 10.1. The van der Waals surface area contributed by atoms with E-state index < -0.39 is 5.60 Å². The Morgan fingerprint density at radius 1 is 1.24 bits per heavy atom. The third-order valence-corrected chi connectivity index (χ3v) is 2.70. The van der Waals surface area contributed by atoms with Crippen LogP contribution in [0.4, 0.5) is 0 Å². The van der Waals surface area contributed by atoms with Crippen molar-refractivity contribution in [2.24, 2.45) is 0 Å². The third kappa shape index (κ3) is 2.74. The zero-order chi connectivity index (χ0) is 12.5. The Kier molecular flexibility index (Phi) is 3.03. The molecule has 1 aromatic heterocycles. The van der Waals surface area contributed by atoms with Crippen molar-refractivity contribution in [1.29, 1.82) is 0 Å². The summed E-state index contributed by atoms with van der Waals surface area (Å²) >= 11 is 0. The van der Waals surface area contributed by atoms with Gasteiger partial charge in [-0.1, -0.05) is 30.3 Å². The Bertz CT molecular complexity index is 495. The number of hydrogen-bond donors (Lipinski definition) is 1. The van der Waals surface area contributed by atoms with Crippen LogP contribution in [0.25, 0.3) is 0 Å². The summed E-state index contributed by atoms with van der Waals surface area (Å²) in [5, 5.41) is 14.5. The molecule has 0 radical (unpaired) electrons. The van der Waals surface area contributed by atoms with Crippen molar-refractivity contribution in [3.05, 3.63) is 53.3 Å². The first-order chi connectivity index (χ1) is 7.97. The second-order valence-corrected chi connectivity index (χ2v) is 4.87. The molecule has 0 aliphatic heterocycles. The summed E-state index contributed by atoms with van der Waals surface area (Å²) in [6.45, 7) is 6.20. The van der Waals surface area contributed by atoms with Gasteiger partial charge in [-0.2, -0.15) is 5.10 Å². The average Bonchev–Trinajstić information content (AvgIpc) is 2.60. The molecule has 0 aliphatic carbocycles. The Hall–Kier alpha value is -1.61. The minimum atomic E-state index is -0.865. The van der Waals surface area contributed by atoms with Gasteiger partial charge in [-0.05, 0) is 32.4 Å². The van der Waals surface area contributed by atoms with Gasteiger partial charge < -0.3 is 5.11 Å². The second kappa shape index (κ2) is 4.34. The SMILES string of the molecule is Cc1cc(C(C)(C)O)n(Cc2ccccc2)n1. The van der Waals surface area contributed by atoms with E-state index in [9.17, 15) is 5.11 Å². The van der Waals surface area contributed by atoms with E-state index in [1.54, 1.807) is 13.8 Å². The van der Waals surface area contributed by atoms with Crippen molar-refractivity contribution in [3.63, 3.8) is 0 Å². The molecule has 0 saturated carbocycles. The number of hydrogen-bond acceptors (Lipinski definition) is 2. The summed E-state index contributed by atoms with van der Waals surface area (Å²) in [4.78, 5) is 0. The van der Waals surface area contributed by atoms with Gasteiger partial charge in [0.1, 0.15) is 5.60 Å². The first-order valence-electron chi connectivity index (χ1n) is 5.78. The summed E-state index contributed by atoms with van der Waals surface area (Å²) in [6.07, 6.45) is 0. The van der Waals surface area contributed by atoms with Crippen LogP contribution in [0.15, 0.2) is 36.4 Å². The molecule has 0 fully saturated rings. The molecule has 3 heteroatoms. The van der Waals surface area contributed by atoms with Crippen LogP contribution in [-0.4, -0.2) is 14.9 Å². The number of aliphatic hydroxyl groups is 1. The number of benzene rings is 1. The summed E-state index contributed by atoms with van der Waals surface area (Å²) in [5.41, 5.74) is 2.09. The van der Waals surface area contributed by atoms with Crippen LogP contribution in [0, 0.1) is 6.92 Å². The van der Waals surface area contributed by atoms with Gasteiger partial charge >= 0.3 is 0 Å². The van der Waals surface area contributed by atoms with Crippen LogP contribution >= 0.6 is 0 Å². The fraction of sp³-hybridized carbons (Fsp3) is 0.357. The normalized spacial score (nSPS) is 11.8. The molecule has 0 bridgehead atoms. The standard InChI is InChI=1S/C14H18N2O/c1-11-9-13(14(2,3)17)16(15-11)10-12-7-5-4-6-8-12/h4-9,17H,10H2,1-3H3. The van der Waals surface area contributed by atoms with Gasteiger partial charge in [-0.15, -0.1) is 0 Å². The summed E-state index contributed by atoms with van der Waals surface area (Å²) in [6, 6.07) is 12.1. The van der Waals surface area contributed by atoms with Crippen LogP contribution in [0.1, 0.15) is 30.8 Å². The third-order valence-electron chi connectivity index (χ3n) is 2.70. The number of nitrogens with zero attached hydrogens (tertiary/aromatic N) is 2. The van der Waals surface area contributed by atoms with Crippen LogP contribution in [0.3, 0.4) is 0 Å². The minimum absolute atomic E-state index is 0.688. The lowest BCUT2D eigenvalue weighted by Gasteiger charge is -2.19. The molecule has 2 aromatic rings. The molecule has 0 amide bonds. The van der Waals surface area contributed by atoms with E-state index in [4.69, 9.17) is 0 Å². The van der Waals surface area contributed by atoms with E-state index in [0.29, 0.717) is 6.54 Å². The number of aryl methyl sites for hydroxylation is 1. The van der Waals surface area contributed by atoms with Gasteiger partial charge in [-0.3, -0.25) is 4.68 Å². The van der Waals surface area contributed by atoms with E-state index in [-0.39, 0.29) is 0 Å². The van der Waals surface area contributed by atoms with Crippen LogP contribution in [-0.2, 0) is 12.1 Å². The molecule has 17 heavy (non-hydrogen) atoms. The van der Waals surface area contributed by atoms with Crippen LogP contribution in [0.2, 0.25) is 0 Å². The molecule has 0 aliphatic rings. The second-order valence-electron chi connectivity index (χ2n) is 4.87. The van der Waals surface area contributed by atoms with Crippen molar-refractivity contribution in [2.75, 3.05) is 0 Å². The van der Waals surface area contributed by atoms with Gasteiger partial charge in [0.25, 0.3) is 0 Å². The van der Waals surface area contributed by atoms with E-state index in [1.165, 1.54) is 5.56 Å². The van der Waals surface area contributed by atoms with Crippen molar-refractivity contribution >= 4 is 0 Å². The summed E-state index contributed by atoms with van der Waals surface area (Å²) < 4.78 is 1.87. The van der Waals surface area contributed by atoms with Crippen molar-refractivity contribution in [1.82, 2.24) is 9.78 Å². The lowest BCUT2D eigenvalue weighted by molar-refractivity contribution is 0.0688. The molecule has 1 aromatic carbocycles. The highest BCUT2D eigenvalue weighted by Crippen LogP contribution is 2.21. The maximum Gasteiger partial charge on any atom is 0.101 e. The Morgan fingerprint density at radius 2 is 1.88 bits per heavy atom. The van der Waals surface area contributed by atoms with Crippen molar-refractivity contribution in [2.45, 2.75) is 32.9 Å². The Balaban J connectivity index is 2.33. The Labute approximate surface area is 102 Å². The van der Waals surface area contributed by atoms with E-state index in [2.05, 4.69) is 17.2 Å². The molecule has 0 spiro atoms. The number of aromatic nitrogens is 2. The molecular weight excluding hydrogens is 212 g/mol. The highest BCUT2D eigenvalue weighted by molar-refractivity contribution is 5.19. The van der Waals surface area contributed by atoms with Crippen LogP contribution < -0.4 is 0 Å². The molecule has 90 valence electrons. The Morgan fingerprint density at radius 3 is 2.47 bits per heavy atom. The monoisotopic (exact) mass is 230 g/mol. The molecule has 1 heterocycles. The highest BCUT2D eigenvalue weighted by atomic mass is 16.3. The summed E-state index contributed by atoms with van der Waals surface area (Å²) in [7, 11) is 0. The fourth-order valence-corrected chi connectivity index (χ4v) is 1.91. The highest BCUT2D eigenvalue weighted by Gasteiger charge is 2.22. The predicted octanol–water partition coefficient (Wildman–Crippen LogP) is 2.47. The van der Waals surface area contributed by atoms with E-state index in [0.717, 1.165) is 11.4 Å². The van der Waals surface area contributed by atoms with Gasteiger partial charge in [0, 0.05) is 0 Å². The first kappa shape index (κ1) is 11.9. The molecule has 0 saturated heterocycles. The maximum atomic E-state index is 10.1. The molecule has 2 rings (SSSR count). The molecule has 3 nitrogen and oxygen atoms in total. The zero-order valence-corrected chi connectivity index (χ0v) is 10.5. The van der Waals surface area contributed by atoms with Gasteiger partial charge in [0.15, 0.2) is 0 Å². The predicted molar refractivity (Wildman–Crippen MR) is 67.8 cm³/mol. The number of rotatable bonds is 3. The smallest absolute Gasteiger partial charge is 0.101 e. The zero-order valence-electron chi connectivity index (χ0n) is 10.5. The largest absolute Gasteiger partial charge is 0.384 e. The first-order valence-corrected chi connectivity index (χ1v) is 5.78. The summed E-state index contributed by atoms with van der Waals surface area (Å²) in [5.74, 6) is 0. The average molecular weight is 230 g/mol. The molecule has 0 atom stereocenters. The van der Waals surface area contributed by atoms with Gasteiger partial charge in [-0.25, -0.2) is 0 Å². The molecule has 1 N–H and O–H groups in total. The van der Waals surface area contributed by atoms with Crippen molar-refractivity contribution < 1.29 is 5.11 Å². The maximum absolute atomic E-state index is 10.1. The molecular formula is C14H18N2O. The quantitative estimate of drug-likeness (QED) is 0.879. The van der Waals surface area contributed by atoms with E-state index in [1.807, 2.05) is 35.9 Å². The van der Waals surface area contributed by atoms with Gasteiger partial charge in [0.2, 0.25) is 0 Å². The lowest BCUT2D eigenvalue weighted by Crippen LogP contribution is -2.21. The van der Waals surface area contributed by atoms with E-state index >= 15 is 0 Å². The molecule has 0 unspecified atom stereocenters. The van der Waals surface area contributed by atoms with Crippen molar-refractivity contribution in [3.8, 4) is 0 Å². The minimum Gasteiger partial charge on any atom is -0.384 e. The topological polar surface area (TPSA) is 38.0 Å². The fourth-order valence-electron chi connectivity index (χ4n) is 1.91. The van der Waals surface area contributed by atoms with Gasteiger partial charge in [0.05, 0.1) is 17.9 Å². The van der Waals surface area contributed by atoms with Crippen LogP contribution in [0.5, 0.6) is 0 Å².